The van der Waals surface area contributed by atoms with Crippen molar-refractivity contribution in [2.75, 3.05) is 6.54 Å². The van der Waals surface area contributed by atoms with E-state index in [0.29, 0.717) is 12.0 Å². The lowest BCUT2D eigenvalue weighted by Crippen LogP contribution is -2.58. The molecule has 4 nitrogen and oxygen atoms in total. The number of nitrogens with one attached hydrogen (secondary N) is 2. The molecule has 0 heterocycles. The molecule has 2 aliphatic rings. The lowest BCUT2D eigenvalue weighted by molar-refractivity contribution is -0.136. The average Bonchev–Trinajstić information content (AvgIpc) is 2.88. The van der Waals surface area contributed by atoms with Crippen LogP contribution in [0.4, 0.5) is 0 Å². The predicted molar refractivity (Wildman–Crippen MR) is 83.8 cm³/mol. The van der Waals surface area contributed by atoms with Gasteiger partial charge in [0.25, 0.3) is 0 Å². The smallest absolute Gasteiger partial charge is 0.245 e. The summed E-state index contributed by atoms with van der Waals surface area (Å²) in [5.41, 5.74) is -0.276. The third-order valence-electron chi connectivity index (χ3n) is 5.30. The Morgan fingerprint density at radius 3 is 2.14 bits per heavy atom. The van der Waals surface area contributed by atoms with Crippen molar-refractivity contribution in [3.8, 4) is 0 Å². The van der Waals surface area contributed by atoms with E-state index in [4.69, 9.17) is 0 Å². The van der Waals surface area contributed by atoms with Gasteiger partial charge in [0.1, 0.15) is 5.54 Å². The third kappa shape index (κ3) is 3.78. The van der Waals surface area contributed by atoms with Crippen molar-refractivity contribution in [3.05, 3.63) is 0 Å². The molecule has 0 aromatic rings. The Labute approximate surface area is 128 Å². The quantitative estimate of drug-likeness (QED) is 0.837. The minimum Gasteiger partial charge on any atom is -0.354 e. The second kappa shape index (κ2) is 6.37. The highest BCUT2D eigenvalue weighted by Gasteiger charge is 2.43. The number of hydrogen-bond donors (Lipinski definition) is 2. The van der Waals surface area contributed by atoms with Crippen molar-refractivity contribution in [2.24, 2.45) is 11.3 Å². The summed E-state index contributed by atoms with van der Waals surface area (Å²) in [7, 11) is 0. The Balaban J connectivity index is 1.98. The van der Waals surface area contributed by atoms with Crippen LogP contribution < -0.4 is 10.6 Å². The fourth-order valence-corrected chi connectivity index (χ4v) is 3.72. The fraction of sp³-hybridized carbons (Fsp3) is 0.882. The number of rotatable bonds is 4. The van der Waals surface area contributed by atoms with Crippen molar-refractivity contribution < 1.29 is 9.59 Å². The van der Waals surface area contributed by atoms with Crippen LogP contribution in [0.5, 0.6) is 0 Å². The van der Waals surface area contributed by atoms with Crippen LogP contribution in [0.25, 0.3) is 0 Å². The van der Waals surface area contributed by atoms with Crippen LogP contribution in [-0.2, 0) is 9.59 Å². The summed E-state index contributed by atoms with van der Waals surface area (Å²) in [6, 6.07) is 0. The Bertz CT molecular complexity index is 388. The first-order chi connectivity index (χ1) is 9.88. The number of carbonyl (C=O) groups is 2. The van der Waals surface area contributed by atoms with Gasteiger partial charge in [-0.2, -0.15) is 0 Å². The van der Waals surface area contributed by atoms with Crippen LogP contribution in [0.1, 0.15) is 72.1 Å². The number of amides is 2. The predicted octanol–water partition coefficient (Wildman–Crippen LogP) is 2.77. The van der Waals surface area contributed by atoms with Gasteiger partial charge in [-0.15, -0.1) is 0 Å². The molecule has 0 saturated heterocycles. The van der Waals surface area contributed by atoms with Gasteiger partial charge in [-0.1, -0.05) is 26.7 Å². The molecule has 0 unspecified atom stereocenters. The molecule has 2 amide bonds. The monoisotopic (exact) mass is 294 g/mol. The Hall–Kier alpha value is -1.06. The maximum absolute atomic E-state index is 12.6. The van der Waals surface area contributed by atoms with E-state index < -0.39 is 5.54 Å². The summed E-state index contributed by atoms with van der Waals surface area (Å²) in [4.78, 5) is 25.0. The van der Waals surface area contributed by atoms with E-state index in [2.05, 4.69) is 24.5 Å². The summed E-state index contributed by atoms with van der Waals surface area (Å²) >= 11 is 0. The fourth-order valence-electron chi connectivity index (χ4n) is 3.72. The zero-order valence-electron chi connectivity index (χ0n) is 13.8. The van der Waals surface area contributed by atoms with Gasteiger partial charge in [-0.3, -0.25) is 9.59 Å². The normalized spacial score (nSPS) is 24.5. The molecular formula is C17H30N2O2. The summed E-state index contributed by atoms with van der Waals surface area (Å²) in [6.07, 6.45) is 7.70. The third-order valence-corrected chi connectivity index (χ3v) is 5.30. The lowest BCUT2D eigenvalue weighted by Gasteiger charge is -2.36. The molecule has 2 rings (SSSR count). The largest absolute Gasteiger partial charge is 0.354 e. The topological polar surface area (TPSA) is 58.2 Å². The van der Waals surface area contributed by atoms with Crippen LogP contribution in [0.3, 0.4) is 0 Å². The molecule has 2 fully saturated rings. The maximum Gasteiger partial charge on any atom is 0.245 e. The summed E-state index contributed by atoms with van der Waals surface area (Å²) < 4.78 is 0. The standard InChI is InChI=1S/C17H30N2O2/c1-4-18-15(21)17(9-5-6-10-17)19-14(20)13-7-11-16(2,3)12-8-13/h13H,4-12H2,1-3H3,(H,18,21)(H,19,20). The van der Waals surface area contributed by atoms with E-state index in [9.17, 15) is 9.59 Å². The Kier molecular flexibility index (Phi) is 4.95. The molecule has 21 heavy (non-hydrogen) atoms. The number of carbonyl (C=O) groups excluding carboxylic acids is 2. The highest BCUT2D eigenvalue weighted by atomic mass is 16.2. The first-order valence-electron chi connectivity index (χ1n) is 8.49. The van der Waals surface area contributed by atoms with Gasteiger partial charge in [0.05, 0.1) is 0 Å². The molecule has 0 aromatic carbocycles. The SMILES string of the molecule is CCNC(=O)C1(NC(=O)C2CCC(C)(C)CC2)CCCC1. The van der Waals surface area contributed by atoms with Gasteiger partial charge in [-0.25, -0.2) is 0 Å². The van der Waals surface area contributed by atoms with Gasteiger partial charge in [0.2, 0.25) is 11.8 Å². The van der Waals surface area contributed by atoms with Crippen LogP contribution in [-0.4, -0.2) is 23.9 Å². The highest BCUT2D eigenvalue weighted by molar-refractivity contribution is 5.92. The first-order valence-corrected chi connectivity index (χ1v) is 8.49. The zero-order valence-corrected chi connectivity index (χ0v) is 13.8. The van der Waals surface area contributed by atoms with Crippen LogP contribution in [0.15, 0.2) is 0 Å². The van der Waals surface area contributed by atoms with Crippen LogP contribution in [0.2, 0.25) is 0 Å². The van der Waals surface area contributed by atoms with Crippen molar-refractivity contribution in [3.63, 3.8) is 0 Å². The molecule has 2 N–H and O–H groups in total. The number of likely N-dealkylation sites (N-methyl/N-ethyl adjacent to an activating group) is 1. The van der Waals surface area contributed by atoms with Crippen molar-refractivity contribution in [1.82, 2.24) is 10.6 Å². The van der Waals surface area contributed by atoms with E-state index in [1.807, 2.05) is 6.92 Å². The van der Waals surface area contributed by atoms with Crippen molar-refractivity contribution in [1.29, 1.82) is 0 Å². The van der Waals surface area contributed by atoms with E-state index in [1.54, 1.807) is 0 Å². The van der Waals surface area contributed by atoms with Gasteiger partial charge >= 0.3 is 0 Å². The molecule has 120 valence electrons. The minimum absolute atomic E-state index is 0.00647. The maximum atomic E-state index is 12.6. The Morgan fingerprint density at radius 1 is 1.05 bits per heavy atom. The summed E-state index contributed by atoms with van der Waals surface area (Å²) in [6.45, 7) is 7.09. The van der Waals surface area contributed by atoms with E-state index in [0.717, 1.165) is 51.4 Å². The van der Waals surface area contributed by atoms with E-state index >= 15 is 0 Å². The molecule has 0 aliphatic heterocycles. The van der Waals surface area contributed by atoms with Gasteiger partial charge in [0, 0.05) is 12.5 Å². The summed E-state index contributed by atoms with van der Waals surface area (Å²) in [5, 5.41) is 6.02. The summed E-state index contributed by atoms with van der Waals surface area (Å²) in [5.74, 6) is 0.190. The molecule has 2 aliphatic carbocycles. The molecule has 2 saturated carbocycles. The average molecular weight is 294 g/mol. The van der Waals surface area contributed by atoms with E-state index in [-0.39, 0.29) is 17.7 Å². The molecule has 0 spiro atoms. The Morgan fingerprint density at radius 2 is 1.62 bits per heavy atom. The van der Waals surface area contributed by atoms with Crippen molar-refractivity contribution in [2.45, 2.75) is 77.7 Å². The van der Waals surface area contributed by atoms with Crippen molar-refractivity contribution >= 4 is 11.8 Å². The lowest BCUT2D eigenvalue weighted by atomic mass is 9.72. The second-order valence-electron chi connectivity index (χ2n) is 7.58. The van der Waals surface area contributed by atoms with Crippen LogP contribution in [0, 0.1) is 11.3 Å². The first kappa shape index (κ1) is 16.3. The van der Waals surface area contributed by atoms with Gasteiger partial charge < -0.3 is 10.6 Å². The molecule has 4 heteroatoms. The molecule has 0 atom stereocenters. The van der Waals surface area contributed by atoms with Crippen LogP contribution >= 0.6 is 0 Å². The molecule has 0 bridgehead atoms. The van der Waals surface area contributed by atoms with Gasteiger partial charge in [-0.05, 0) is 50.9 Å². The second-order valence-corrected chi connectivity index (χ2v) is 7.58. The van der Waals surface area contributed by atoms with Gasteiger partial charge in [0.15, 0.2) is 0 Å². The zero-order chi connectivity index (χ0) is 15.5. The minimum atomic E-state index is -0.639. The van der Waals surface area contributed by atoms with E-state index in [1.165, 1.54) is 0 Å². The molecular weight excluding hydrogens is 264 g/mol. The number of hydrogen-bond acceptors (Lipinski definition) is 2. The molecule has 0 aromatic heterocycles. The molecule has 0 radical (unpaired) electrons. The highest BCUT2D eigenvalue weighted by Crippen LogP contribution is 2.39.